The van der Waals surface area contributed by atoms with Crippen molar-refractivity contribution in [3.8, 4) is 23.0 Å². The molecule has 0 aliphatic carbocycles. The van der Waals surface area contributed by atoms with Crippen molar-refractivity contribution in [2.45, 2.75) is 49.2 Å². The predicted molar refractivity (Wildman–Crippen MR) is 128 cm³/mol. The summed E-state index contributed by atoms with van der Waals surface area (Å²) >= 11 is 0. The van der Waals surface area contributed by atoms with Crippen LogP contribution >= 0.6 is 0 Å². The normalized spacial score (nSPS) is 36.6. The van der Waals surface area contributed by atoms with E-state index < -0.39 is 55.8 Å². The maximum Gasteiger partial charge on any atom is 0.184 e. The summed E-state index contributed by atoms with van der Waals surface area (Å²) < 4.78 is 33.7. The van der Waals surface area contributed by atoms with E-state index in [2.05, 4.69) is 0 Å². The van der Waals surface area contributed by atoms with Crippen molar-refractivity contribution in [3.63, 3.8) is 0 Å². The number of fused-ring (bicyclic) bond motifs is 1. The maximum atomic E-state index is 10.8. The second-order valence-electron chi connectivity index (χ2n) is 9.60. The molecular formula is C26H32O12. The Morgan fingerprint density at radius 3 is 2.21 bits per heavy atom. The summed E-state index contributed by atoms with van der Waals surface area (Å²) in [5.41, 5.74) is 1.44. The van der Waals surface area contributed by atoms with E-state index in [0.717, 1.165) is 5.56 Å². The molecule has 208 valence electrons. The van der Waals surface area contributed by atoms with E-state index in [1.165, 1.54) is 20.3 Å². The Morgan fingerprint density at radius 2 is 1.50 bits per heavy atom. The molecule has 0 spiro atoms. The number of hydrogen-bond acceptors (Lipinski definition) is 12. The van der Waals surface area contributed by atoms with Crippen LogP contribution in [0, 0.1) is 11.8 Å². The van der Waals surface area contributed by atoms with Gasteiger partial charge in [0.15, 0.2) is 41.7 Å². The van der Waals surface area contributed by atoms with Crippen LogP contribution < -0.4 is 14.2 Å². The maximum absolute atomic E-state index is 10.8. The Bertz CT molecular complexity index is 1130. The van der Waals surface area contributed by atoms with E-state index in [1.54, 1.807) is 30.3 Å². The average molecular weight is 537 g/mol. The molecule has 12 nitrogen and oxygen atoms in total. The number of phenolic OH excluding ortho intramolecular Hbond substituents is 1. The first-order valence-electron chi connectivity index (χ1n) is 12.2. The monoisotopic (exact) mass is 536 g/mol. The molecule has 0 bridgehead atoms. The van der Waals surface area contributed by atoms with Crippen LogP contribution in [0.5, 0.6) is 23.0 Å². The standard InChI is InChI=1S/C26H32O12/c1-33-16-7-11(3-5-14(16)28)22-13-10-35-23(19(13)25(31)38-22)12-4-6-15(17(8-12)34-2)36-24-18(9-27)37-26(32)21(30)20(24)29/h3-8,13,18-32H,9-10H2,1-2H3/t13-,18+,19-,20+,21+,22+,23+,24+,25+,26+/m0/s1. The predicted octanol–water partition coefficient (Wildman–Crippen LogP) is -0.0183. The van der Waals surface area contributed by atoms with Crippen LogP contribution in [0.2, 0.25) is 0 Å². The van der Waals surface area contributed by atoms with Gasteiger partial charge in [0.1, 0.15) is 18.3 Å². The Kier molecular flexibility index (Phi) is 7.67. The number of aliphatic hydroxyl groups is 5. The van der Waals surface area contributed by atoms with Crippen molar-refractivity contribution in [3.05, 3.63) is 47.5 Å². The van der Waals surface area contributed by atoms with E-state index >= 15 is 0 Å². The van der Waals surface area contributed by atoms with E-state index in [0.29, 0.717) is 17.9 Å². The first-order valence-corrected chi connectivity index (χ1v) is 12.2. The lowest BCUT2D eigenvalue weighted by molar-refractivity contribution is -0.282. The zero-order valence-corrected chi connectivity index (χ0v) is 20.8. The van der Waals surface area contributed by atoms with Crippen LogP contribution in [-0.4, -0.2) is 95.1 Å². The first kappa shape index (κ1) is 26.9. The van der Waals surface area contributed by atoms with E-state index in [4.69, 9.17) is 28.4 Å². The molecule has 0 unspecified atom stereocenters. The molecule has 3 fully saturated rings. The highest BCUT2D eigenvalue weighted by molar-refractivity contribution is 5.45. The van der Waals surface area contributed by atoms with Gasteiger partial charge in [0.25, 0.3) is 0 Å². The second-order valence-corrected chi connectivity index (χ2v) is 9.60. The molecule has 10 atom stereocenters. The number of phenols is 1. The molecule has 5 rings (SSSR count). The molecule has 3 aliphatic heterocycles. The molecule has 0 radical (unpaired) electrons. The highest BCUT2D eigenvalue weighted by atomic mass is 16.7. The summed E-state index contributed by atoms with van der Waals surface area (Å²) in [7, 11) is 2.89. The molecule has 0 amide bonds. The average Bonchev–Trinajstić information content (AvgIpc) is 3.50. The van der Waals surface area contributed by atoms with Gasteiger partial charge in [-0.2, -0.15) is 0 Å². The first-order chi connectivity index (χ1) is 18.3. The Balaban J connectivity index is 1.36. The number of rotatable bonds is 7. The topological polar surface area (TPSA) is 177 Å². The van der Waals surface area contributed by atoms with Crippen LogP contribution in [0.4, 0.5) is 0 Å². The van der Waals surface area contributed by atoms with Gasteiger partial charge >= 0.3 is 0 Å². The van der Waals surface area contributed by atoms with Gasteiger partial charge in [0.05, 0.1) is 39.6 Å². The van der Waals surface area contributed by atoms with Crippen LogP contribution in [0.1, 0.15) is 23.3 Å². The van der Waals surface area contributed by atoms with Gasteiger partial charge in [-0.3, -0.25) is 0 Å². The summed E-state index contributed by atoms with van der Waals surface area (Å²) in [5.74, 6) is 0.243. The number of hydrogen-bond donors (Lipinski definition) is 6. The van der Waals surface area contributed by atoms with Gasteiger partial charge in [0, 0.05) is 11.8 Å². The summed E-state index contributed by atoms with van der Waals surface area (Å²) in [4.78, 5) is 0. The molecule has 2 aromatic rings. The van der Waals surface area contributed by atoms with Crippen molar-refractivity contribution in [2.24, 2.45) is 11.8 Å². The molecule has 2 aromatic carbocycles. The van der Waals surface area contributed by atoms with Gasteiger partial charge in [-0.05, 0) is 35.4 Å². The number of aromatic hydroxyl groups is 1. The minimum absolute atomic E-state index is 0.00426. The third kappa shape index (κ3) is 4.67. The van der Waals surface area contributed by atoms with Crippen LogP contribution in [0.25, 0.3) is 0 Å². The highest BCUT2D eigenvalue weighted by Crippen LogP contribution is 2.53. The van der Waals surface area contributed by atoms with Gasteiger partial charge in [0.2, 0.25) is 0 Å². The third-order valence-corrected chi connectivity index (χ3v) is 7.47. The lowest BCUT2D eigenvalue weighted by atomic mass is 9.84. The molecule has 12 heteroatoms. The Labute approximate surface area is 218 Å². The lowest BCUT2D eigenvalue weighted by Crippen LogP contribution is -2.60. The van der Waals surface area contributed by atoms with E-state index in [1.807, 2.05) is 0 Å². The van der Waals surface area contributed by atoms with Gasteiger partial charge in [-0.1, -0.05) is 12.1 Å². The number of benzene rings is 2. The van der Waals surface area contributed by atoms with Crippen molar-refractivity contribution >= 4 is 0 Å². The fourth-order valence-electron chi connectivity index (χ4n) is 5.49. The van der Waals surface area contributed by atoms with Crippen LogP contribution in [0.3, 0.4) is 0 Å². The van der Waals surface area contributed by atoms with Crippen molar-refractivity contribution in [2.75, 3.05) is 27.4 Å². The van der Waals surface area contributed by atoms with E-state index in [-0.39, 0.29) is 29.1 Å². The molecule has 3 aliphatic rings. The quantitative estimate of drug-likeness (QED) is 0.279. The van der Waals surface area contributed by atoms with Crippen LogP contribution in [-0.2, 0) is 14.2 Å². The third-order valence-electron chi connectivity index (χ3n) is 7.47. The fourth-order valence-corrected chi connectivity index (χ4v) is 5.49. The van der Waals surface area contributed by atoms with Crippen molar-refractivity contribution in [1.29, 1.82) is 0 Å². The summed E-state index contributed by atoms with van der Waals surface area (Å²) in [6.07, 6.45) is -9.18. The Morgan fingerprint density at radius 1 is 0.816 bits per heavy atom. The smallest absolute Gasteiger partial charge is 0.184 e. The number of ether oxygens (including phenoxy) is 6. The second kappa shape index (κ2) is 10.8. The van der Waals surface area contributed by atoms with Gasteiger partial charge < -0.3 is 59.1 Å². The van der Waals surface area contributed by atoms with Gasteiger partial charge in [-0.15, -0.1) is 0 Å². The summed E-state index contributed by atoms with van der Waals surface area (Å²) in [5, 5.41) is 60.5. The molecule has 38 heavy (non-hydrogen) atoms. The minimum atomic E-state index is -1.66. The molecule has 0 aromatic heterocycles. The zero-order chi connectivity index (χ0) is 27.1. The molecule has 3 saturated heterocycles. The molecule has 0 saturated carbocycles. The highest BCUT2D eigenvalue weighted by Gasteiger charge is 2.53. The zero-order valence-electron chi connectivity index (χ0n) is 20.8. The van der Waals surface area contributed by atoms with E-state index in [9.17, 15) is 30.6 Å². The molecule has 3 heterocycles. The lowest BCUT2D eigenvalue weighted by Gasteiger charge is -2.40. The Hall–Kier alpha value is -2.68. The number of aliphatic hydroxyl groups excluding tert-OH is 5. The summed E-state index contributed by atoms with van der Waals surface area (Å²) in [6, 6.07) is 9.91. The molecule has 6 N–H and O–H groups in total. The SMILES string of the molecule is COc1cc([C@H]2O[C@@H](O)[C@H]3[C@@H]2CO[C@@H]3c2ccc(O[C@H]3[C@H](O)[C@@H](O)[C@H](O)O[C@@H]3CO)c(OC)c2)ccc1O. The van der Waals surface area contributed by atoms with Gasteiger partial charge in [-0.25, -0.2) is 0 Å². The van der Waals surface area contributed by atoms with Crippen LogP contribution in [0.15, 0.2) is 36.4 Å². The fraction of sp³-hybridized carbons (Fsp3) is 0.538. The van der Waals surface area contributed by atoms with Crippen molar-refractivity contribution < 1.29 is 59.1 Å². The van der Waals surface area contributed by atoms with Crippen molar-refractivity contribution in [1.82, 2.24) is 0 Å². The number of methoxy groups -OCH3 is 2. The minimum Gasteiger partial charge on any atom is -0.504 e. The largest absolute Gasteiger partial charge is 0.504 e. The summed E-state index contributed by atoms with van der Waals surface area (Å²) in [6.45, 7) is -0.234. The molecular weight excluding hydrogens is 504 g/mol.